The monoisotopic (exact) mass is 487 g/mol. The predicted octanol–water partition coefficient (Wildman–Crippen LogP) is 6.07. The Kier molecular flexibility index (Phi) is 9.86. The van der Waals surface area contributed by atoms with E-state index >= 15 is 0 Å². The first-order valence-corrected chi connectivity index (χ1v) is 13.5. The van der Waals surface area contributed by atoms with E-state index in [4.69, 9.17) is 30.9 Å². The minimum absolute atomic E-state index is 0.136. The van der Waals surface area contributed by atoms with E-state index in [9.17, 15) is 0 Å². The summed E-state index contributed by atoms with van der Waals surface area (Å²) in [6, 6.07) is 1.19. The van der Waals surface area contributed by atoms with Crippen LogP contribution in [0.3, 0.4) is 0 Å². The van der Waals surface area contributed by atoms with Crippen LogP contribution >= 0.6 is 20.3 Å². The standard InChI is InChI=1S/C22H38N4.2ClH.Co/c1-21(2,3)25-13-17-9-7-11-19(23-17)15-26(22(4,5)6)16-20-12-8-10-18(14-25)24-20;;;/h7,9,11,17-18,20H,8,10,12-16H2,1-6H3;2*1H;/q-2;;;+2/p-2. The Balaban J connectivity index is 0.000000941. The van der Waals surface area contributed by atoms with E-state index in [1.54, 1.807) is 0 Å². The number of allylic oxidation sites excluding steroid dienone is 2. The van der Waals surface area contributed by atoms with Crippen molar-refractivity contribution >= 4 is 20.3 Å². The zero-order chi connectivity index (χ0) is 21.7. The molecule has 29 heavy (non-hydrogen) atoms. The van der Waals surface area contributed by atoms with Crippen LogP contribution in [0.5, 0.6) is 0 Å². The molecule has 0 aromatic rings. The Labute approximate surface area is 193 Å². The molecule has 0 spiro atoms. The molecule has 3 aliphatic heterocycles. The molecule has 4 bridgehead atoms. The molecule has 171 valence electrons. The maximum atomic E-state index is 5.29. The molecule has 3 unspecified atom stereocenters. The summed E-state index contributed by atoms with van der Waals surface area (Å²) in [5, 5.41) is 10.4. The molecule has 2 saturated heterocycles. The number of halogens is 2. The van der Waals surface area contributed by atoms with Gasteiger partial charge in [-0.15, -0.1) is 17.8 Å². The van der Waals surface area contributed by atoms with Crippen molar-refractivity contribution in [3.63, 3.8) is 0 Å². The second kappa shape index (κ2) is 11.2. The van der Waals surface area contributed by atoms with Crippen molar-refractivity contribution in [1.29, 1.82) is 0 Å². The van der Waals surface area contributed by atoms with E-state index in [-0.39, 0.29) is 17.1 Å². The Morgan fingerprint density at radius 1 is 0.931 bits per heavy atom. The van der Waals surface area contributed by atoms with Gasteiger partial charge in [0.25, 0.3) is 0 Å². The van der Waals surface area contributed by atoms with Crippen molar-refractivity contribution in [2.75, 3.05) is 26.2 Å². The topological polar surface area (TPSA) is 34.7 Å². The molecule has 3 atom stereocenters. The van der Waals surface area contributed by atoms with Crippen LogP contribution in [0.4, 0.5) is 0 Å². The molecule has 0 saturated carbocycles. The number of fused-ring (bicyclic) bond motifs is 4. The Hall–Kier alpha value is 0.246. The molecule has 0 N–H and O–H groups in total. The number of hydrogen-bond donors (Lipinski definition) is 0. The molecule has 4 nitrogen and oxygen atoms in total. The number of piperidine rings is 1. The first-order chi connectivity index (χ1) is 13.5. The van der Waals surface area contributed by atoms with Gasteiger partial charge in [-0.1, -0.05) is 43.5 Å². The van der Waals surface area contributed by atoms with Gasteiger partial charge in [-0.05, 0) is 61.2 Å². The zero-order valence-electron chi connectivity index (χ0n) is 18.8. The van der Waals surface area contributed by atoms with Crippen molar-refractivity contribution in [3.8, 4) is 0 Å². The van der Waals surface area contributed by atoms with E-state index in [0.29, 0.717) is 25.0 Å². The van der Waals surface area contributed by atoms with Crippen LogP contribution in [0.1, 0.15) is 60.8 Å². The van der Waals surface area contributed by atoms with Crippen LogP contribution in [0, 0.1) is 0 Å². The molecule has 3 rings (SSSR count). The second-order valence-corrected chi connectivity index (χ2v) is 12.0. The van der Waals surface area contributed by atoms with E-state index in [2.05, 4.69) is 69.6 Å². The molecule has 3 heterocycles. The number of rotatable bonds is 0. The third-order valence-corrected chi connectivity index (χ3v) is 5.97. The van der Waals surface area contributed by atoms with Crippen LogP contribution in [-0.4, -0.2) is 65.2 Å². The average molecular weight is 488 g/mol. The summed E-state index contributed by atoms with van der Waals surface area (Å²) >= 11 is 0.382. The fraction of sp³-hybridized carbons (Fsp3) is 0.818. The molecule has 2 fully saturated rings. The zero-order valence-corrected chi connectivity index (χ0v) is 21.3. The summed E-state index contributed by atoms with van der Waals surface area (Å²) < 4.78 is 0. The molecular weight excluding hydrogens is 450 g/mol. The number of hydrogen-bond acceptors (Lipinski definition) is 2. The van der Waals surface area contributed by atoms with Crippen LogP contribution < -0.4 is 0 Å². The number of nitrogens with zero attached hydrogens (tertiary/aromatic N) is 4. The van der Waals surface area contributed by atoms with Gasteiger partial charge in [0.05, 0.1) is 0 Å². The Bertz CT molecular complexity index is 568. The fourth-order valence-electron chi connectivity index (χ4n) is 4.23. The summed E-state index contributed by atoms with van der Waals surface area (Å²) in [7, 11) is 9.47. The second-order valence-electron chi connectivity index (χ2n) is 10.3. The van der Waals surface area contributed by atoms with E-state index in [1.807, 2.05) is 0 Å². The first kappa shape index (κ1) is 25.5. The molecule has 7 heteroatoms. The Morgan fingerprint density at radius 2 is 1.48 bits per heavy atom. The predicted molar refractivity (Wildman–Crippen MR) is 124 cm³/mol. The Morgan fingerprint density at radius 3 is 2.03 bits per heavy atom. The van der Waals surface area contributed by atoms with Crippen molar-refractivity contribution < 1.29 is 12.9 Å². The minimum atomic E-state index is 0.136. The van der Waals surface area contributed by atoms with E-state index in [0.717, 1.165) is 26.2 Å². The molecular formula is C22H38Cl2CoN4-2. The molecule has 0 aliphatic carbocycles. The maximum absolute atomic E-state index is 5.29. The molecule has 0 amide bonds. The summed E-state index contributed by atoms with van der Waals surface area (Å²) in [5.41, 5.74) is 1.50. The first-order valence-electron chi connectivity index (χ1n) is 10.6. The van der Waals surface area contributed by atoms with Crippen molar-refractivity contribution in [2.45, 2.75) is 90.0 Å². The third kappa shape index (κ3) is 8.36. The van der Waals surface area contributed by atoms with Crippen molar-refractivity contribution in [3.05, 3.63) is 34.6 Å². The van der Waals surface area contributed by atoms with Crippen LogP contribution in [0.25, 0.3) is 10.6 Å². The van der Waals surface area contributed by atoms with Gasteiger partial charge in [0.1, 0.15) is 0 Å². The van der Waals surface area contributed by atoms with E-state index in [1.165, 1.54) is 25.0 Å². The molecule has 0 aromatic heterocycles. The van der Waals surface area contributed by atoms with Crippen molar-refractivity contribution in [2.24, 2.45) is 0 Å². The summed E-state index contributed by atoms with van der Waals surface area (Å²) in [6.45, 7) is 18.0. The summed E-state index contributed by atoms with van der Waals surface area (Å²) in [4.78, 5) is 5.19. The van der Waals surface area contributed by atoms with Gasteiger partial charge in [0.15, 0.2) is 0 Å². The van der Waals surface area contributed by atoms with Crippen LogP contribution in [0.15, 0.2) is 23.9 Å². The van der Waals surface area contributed by atoms with Crippen LogP contribution in [0.2, 0.25) is 0 Å². The molecule has 3 aliphatic rings. The average Bonchev–Trinajstić information content (AvgIpc) is 2.60. The van der Waals surface area contributed by atoms with Gasteiger partial charge >= 0.3 is 33.2 Å². The van der Waals surface area contributed by atoms with Gasteiger partial charge in [0.2, 0.25) is 0 Å². The quantitative estimate of drug-likeness (QED) is 0.415. The van der Waals surface area contributed by atoms with Crippen LogP contribution in [-0.2, 0) is 12.9 Å². The van der Waals surface area contributed by atoms with Gasteiger partial charge in [-0.25, -0.2) is 0 Å². The summed E-state index contributed by atoms with van der Waals surface area (Å²) in [6.07, 6.45) is 10.5. The fourth-order valence-corrected chi connectivity index (χ4v) is 4.23. The van der Waals surface area contributed by atoms with E-state index < -0.39 is 0 Å². The summed E-state index contributed by atoms with van der Waals surface area (Å²) in [5.74, 6) is 0. The molecule has 0 aromatic carbocycles. The van der Waals surface area contributed by atoms with Gasteiger partial charge < -0.3 is 15.5 Å². The van der Waals surface area contributed by atoms with Gasteiger partial charge in [-0.3, -0.25) is 4.90 Å². The SMILES string of the molecule is CC(C)(C)N1CC2=CC=CC(CN(C(C)(C)C)CC3CCCC(C1)[N-]3)[N-]2.[Cl][Co][Cl]. The van der Waals surface area contributed by atoms with Gasteiger partial charge in [-0.2, -0.15) is 0 Å². The molecule has 0 radical (unpaired) electrons. The van der Waals surface area contributed by atoms with Crippen molar-refractivity contribution in [1.82, 2.24) is 9.80 Å². The third-order valence-electron chi connectivity index (χ3n) is 5.97. The van der Waals surface area contributed by atoms with Gasteiger partial charge in [0, 0.05) is 17.6 Å². The normalized spacial score (nSPS) is 29.7.